The van der Waals surface area contributed by atoms with E-state index in [0.717, 1.165) is 23.3 Å². The Morgan fingerprint density at radius 3 is 2.09 bits per heavy atom. The molecular formula is C15H12N4O4. The van der Waals surface area contributed by atoms with E-state index in [1.807, 2.05) is 13.0 Å². The van der Waals surface area contributed by atoms with E-state index in [1.165, 1.54) is 0 Å². The molecule has 2 aromatic carbocycles. The molecule has 2 rings (SSSR count). The molecule has 0 saturated carbocycles. The predicted octanol–water partition coefficient (Wildman–Crippen LogP) is 3.74. The Balaban J connectivity index is 2.69. The van der Waals surface area contributed by atoms with Crippen LogP contribution in [0.5, 0.6) is 0 Å². The average molecular weight is 312 g/mol. The van der Waals surface area contributed by atoms with Crippen LogP contribution in [-0.4, -0.2) is 9.85 Å². The molecule has 0 unspecified atom stereocenters. The molecule has 116 valence electrons. The molecule has 2 aromatic rings. The molecule has 23 heavy (non-hydrogen) atoms. The van der Waals surface area contributed by atoms with E-state index in [2.05, 4.69) is 5.32 Å². The van der Waals surface area contributed by atoms with Crippen LogP contribution in [0.15, 0.2) is 30.3 Å². The number of nitrogens with zero attached hydrogens (tertiary/aromatic N) is 3. The van der Waals surface area contributed by atoms with E-state index in [4.69, 9.17) is 5.26 Å². The minimum absolute atomic E-state index is 0.144. The summed E-state index contributed by atoms with van der Waals surface area (Å²) in [5.41, 5.74) is 0.789. The van der Waals surface area contributed by atoms with E-state index >= 15 is 0 Å². The molecule has 0 amide bonds. The fourth-order valence-corrected chi connectivity index (χ4v) is 2.10. The second-order valence-corrected chi connectivity index (χ2v) is 4.96. The second-order valence-electron chi connectivity index (χ2n) is 4.96. The highest BCUT2D eigenvalue weighted by molar-refractivity contribution is 5.81. The van der Waals surface area contributed by atoms with Crippen LogP contribution >= 0.6 is 0 Å². The summed E-state index contributed by atoms with van der Waals surface area (Å²) in [5, 5.41) is 34.1. The lowest BCUT2D eigenvalue weighted by Crippen LogP contribution is -2.03. The molecule has 0 radical (unpaired) electrons. The zero-order valence-electron chi connectivity index (χ0n) is 12.4. The summed E-state index contributed by atoms with van der Waals surface area (Å²) < 4.78 is 0. The first-order chi connectivity index (χ1) is 10.8. The summed E-state index contributed by atoms with van der Waals surface area (Å²) >= 11 is 0. The summed E-state index contributed by atoms with van der Waals surface area (Å²) in [4.78, 5) is 21.0. The smallest absolute Gasteiger partial charge is 0.301 e. The van der Waals surface area contributed by atoms with Gasteiger partial charge in [-0.15, -0.1) is 0 Å². The van der Waals surface area contributed by atoms with Crippen LogP contribution in [0.2, 0.25) is 0 Å². The van der Waals surface area contributed by atoms with Crippen molar-refractivity contribution in [2.45, 2.75) is 13.8 Å². The predicted molar refractivity (Wildman–Crippen MR) is 83.7 cm³/mol. The third-order valence-corrected chi connectivity index (χ3v) is 3.27. The number of nitro groups is 2. The van der Waals surface area contributed by atoms with Crippen LogP contribution in [0.3, 0.4) is 0 Å². The van der Waals surface area contributed by atoms with Crippen molar-refractivity contribution in [2.75, 3.05) is 5.32 Å². The van der Waals surface area contributed by atoms with Crippen molar-refractivity contribution < 1.29 is 9.85 Å². The number of aryl methyl sites for hydroxylation is 2. The van der Waals surface area contributed by atoms with Crippen molar-refractivity contribution in [3.05, 3.63) is 67.3 Å². The molecule has 0 aromatic heterocycles. The van der Waals surface area contributed by atoms with E-state index in [1.54, 1.807) is 25.1 Å². The maximum atomic E-state index is 11.2. The molecule has 0 spiro atoms. The molecule has 8 nitrogen and oxygen atoms in total. The van der Waals surface area contributed by atoms with Crippen molar-refractivity contribution in [3.8, 4) is 6.07 Å². The molecule has 0 aliphatic rings. The Morgan fingerprint density at radius 2 is 1.61 bits per heavy atom. The highest BCUT2D eigenvalue weighted by atomic mass is 16.6. The molecule has 0 fully saturated rings. The van der Waals surface area contributed by atoms with Gasteiger partial charge in [-0.3, -0.25) is 20.2 Å². The molecule has 0 saturated heterocycles. The summed E-state index contributed by atoms with van der Waals surface area (Å²) in [6, 6.07) is 9.13. The number of nitriles is 1. The van der Waals surface area contributed by atoms with E-state index in [0.29, 0.717) is 5.69 Å². The Kier molecular flexibility index (Phi) is 4.23. The molecule has 0 aliphatic carbocycles. The molecule has 0 heterocycles. The summed E-state index contributed by atoms with van der Waals surface area (Å²) in [6.07, 6.45) is 0. The van der Waals surface area contributed by atoms with Crippen LogP contribution in [-0.2, 0) is 0 Å². The first kappa shape index (κ1) is 15.9. The van der Waals surface area contributed by atoms with Crippen LogP contribution < -0.4 is 5.32 Å². The fraction of sp³-hybridized carbons (Fsp3) is 0.133. The maximum absolute atomic E-state index is 11.2. The highest BCUT2D eigenvalue weighted by Gasteiger charge is 2.27. The zero-order valence-corrected chi connectivity index (χ0v) is 12.4. The summed E-state index contributed by atoms with van der Waals surface area (Å²) in [7, 11) is 0. The summed E-state index contributed by atoms with van der Waals surface area (Å²) in [5.74, 6) is 0. The minimum Gasteiger partial charge on any atom is -0.344 e. The molecule has 0 atom stereocenters. The van der Waals surface area contributed by atoms with Crippen molar-refractivity contribution in [3.63, 3.8) is 0 Å². The minimum atomic E-state index is -0.749. The molecule has 0 bridgehead atoms. The third-order valence-electron chi connectivity index (χ3n) is 3.27. The number of anilines is 2. The number of hydrogen-bond donors (Lipinski definition) is 1. The normalized spacial score (nSPS) is 9.96. The van der Waals surface area contributed by atoms with Crippen LogP contribution in [0.4, 0.5) is 22.7 Å². The van der Waals surface area contributed by atoms with E-state index in [9.17, 15) is 20.2 Å². The van der Waals surface area contributed by atoms with Gasteiger partial charge in [-0.25, -0.2) is 0 Å². The third kappa shape index (κ3) is 3.24. The maximum Gasteiger partial charge on any atom is 0.301 e. The fourth-order valence-electron chi connectivity index (χ4n) is 2.10. The largest absolute Gasteiger partial charge is 0.344 e. The van der Waals surface area contributed by atoms with Gasteiger partial charge in [0.25, 0.3) is 0 Å². The number of benzene rings is 2. The lowest BCUT2D eigenvalue weighted by molar-refractivity contribution is -0.392. The number of nitro benzene ring substituents is 2. The van der Waals surface area contributed by atoms with Gasteiger partial charge < -0.3 is 5.32 Å². The topological polar surface area (TPSA) is 122 Å². The zero-order chi connectivity index (χ0) is 17.1. The van der Waals surface area contributed by atoms with Crippen LogP contribution in [0, 0.1) is 45.4 Å². The van der Waals surface area contributed by atoms with E-state index in [-0.39, 0.29) is 11.3 Å². The van der Waals surface area contributed by atoms with Gasteiger partial charge >= 0.3 is 11.4 Å². The van der Waals surface area contributed by atoms with Gasteiger partial charge in [-0.1, -0.05) is 12.1 Å². The van der Waals surface area contributed by atoms with Gasteiger partial charge in [0.1, 0.15) is 0 Å². The van der Waals surface area contributed by atoms with Gasteiger partial charge in [0.2, 0.25) is 0 Å². The Hall–Kier alpha value is -3.47. The lowest BCUT2D eigenvalue weighted by Gasteiger charge is -2.11. The Bertz CT molecular complexity index is 820. The number of nitrogens with one attached hydrogen (secondary N) is 1. The molecule has 0 aliphatic heterocycles. The first-order valence-electron chi connectivity index (χ1n) is 6.54. The average Bonchev–Trinajstić information content (AvgIpc) is 2.50. The standard InChI is InChI=1S/C15H12N4O4/c1-9-3-4-10(2)12(5-9)17-15-13(18(20)21)6-11(8-16)7-14(15)19(22)23/h3-7,17H,1-2H3. The second kappa shape index (κ2) is 6.11. The molecule has 1 N–H and O–H groups in total. The number of hydrogen-bond acceptors (Lipinski definition) is 6. The van der Waals surface area contributed by atoms with Crippen molar-refractivity contribution >= 4 is 22.7 Å². The monoisotopic (exact) mass is 312 g/mol. The Morgan fingerprint density at radius 1 is 1.04 bits per heavy atom. The van der Waals surface area contributed by atoms with Crippen molar-refractivity contribution in [1.29, 1.82) is 5.26 Å². The first-order valence-corrected chi connectivity index (χ1v) is 6.54. The lowest BCUT2D eigenvalue weighted by atomic mass is 10.1. The molecule has 8 heteroatoms. The van der Waals surface area contributed by atoms with Crippen LogP contribution in [0.1, 0.15) is 16.7 Å². The van der Waals surface area contributed by atoms with Gasteiger partial charge in [0, 0.05) is 17.8 Å². The molecular weight excluding hydrogens is 300 g/mol. The van der Waals surface area contributed by atoms with Crippen LogP contribution in [0.25, 0.3) is 0 Å². The quantitative estimate of drug-likeness (QED) is 0.677. The Labute approximate surface area is 131 Å². The van der Waals surface area contributed by atoms with E-state index < -0.39 is 21.2 Å². The highest BCUT2D eigenvalue weighted by Crippen LogP contribution is 2.38. The van der Waals surface area contributed by atoms with Gasteiger partial charge in [-0.2, -0.15) is 5.26 Å². The summed E-state index contributed by atoms with van der Waals surface area (Å²) in [6.45, 7) is 3.62. The van der Waals surface area contributed by atoms with Crippen molar-refractivity contribution in [1.82, 2.24) is 0 Å². The van der Waals surface area contributed by atoms with Crippen molar-refractivity contribution in [2.24, 2.45) is 0 Å². The van der Waals surface area contributed by atoms with Gasteiger partial charge in [-0.05, 0) is 31.0 Å². The van der Waals surface area contributed by atoms with Gasteiger partial charge in [0.05, 0.1) is 21.5 Å². The SMILES string of the molecule is Cc1ccc(C)c(Nc2c([N+](=O)[O-])cc(C#N)cc2[N+](=O)[O-])c1. The van der Waals surface area contributed by atoms with Gasteiger partial charge in [0.15, 0.2) is 5.69 Å². The number of rotatable bonds is 4.